The van der Waals surface area contributed by atoms with Gasteiger partial charge < -0.3 is 16.0 Å². The van der Waals surface area contributed by atoms with Crippen molar-refractivity contribution >= 4 is 5.91 Å². The molecule has 0 aliphatic carbocycles. The van der Waals surface area contributed by atoms with Crippen molar-refractivity contribution in [3.8, 4) is 0 Å². The first kappa shape index (κ1) is 14.2. The number of rotatable bonds is 7. The van der Waals surface area contributed by atoms with Gasteiger partial charge in [0.15, 0.2) is 0 Å². The van der Waals surface area contributed by atoms with Crippen molar-refractivity contribution in [1.29, 1.82) is 0 Å². The second kappa shape index (κ2) is 5.97. The van der Waals surface area contributed by atoms with E-state index in [4.69, 9.17) is 5.73 Å². The minimum atomic E-state index is -2.36. The zero-order valence-electron chi connectivity index (χ0n) is 9.39. The third kappa shape index (κ3) is 5.03. The molecule has 0 spiro atoms. The average molecular weight is 223 g/mol. The van der Waals surface area contributed by atoms with Gasteiger partial charge in [-0.2, -0.15) is 0 Å². The van der Waals surface area contributed by atoms with Crippen LogP contribution in [0.3, 0.4) is 0 Å². The number of alkyl halides is 2. The molecule has 0 bridgehead atoms. The number of primary amides is 1. The van der Waals surface area contributed by atoms with E-state index in [0.29, 0.717) is 13.0 Å². The van der Waals surface area contributed by atoms with E-state index in [0.717, 1.165) is 0 Å². The van der Waals surface area contributed by atoms with Crippen LogP contribution in [0.2, 0.25) is 0 Å². The van der Waals surface area contributed by atoms with Crippen LogP contribution in [0.5, 0.6) is 0 Å². The molecule has 90 valence electrons. The Kier molecular flexibility index (Phi) is 5.67. The second-order valence-electron chi connectivity index (χ2n) is 3.85. The number of carbonyl (C=O) groups excluding carboxylic acids is 1. The number of halogens is 2. The summed E-state index contributed by atoms with van der Waals surface area (Å²) >= 11 is 0. The van der Waals surface area contributed by atoms with Crippen LogP contribution >= 0.6 is 0 Å². The van der Waals surface area contributed by atoms with Crippen LogP contribution in [-0.2, 0) is 4.79 Å². The SMILES string of the molecule is CNC(C)(CCN(C)CC(F)F)C(N)=O. The maximum Gasteiger partial charge on any atom is 0.251 e. The van der Waals surface area contributed by atoms with Crippen LogP contribution in [0.4, 0.5) is 8.78 Å². The summed E-state index contributed by atoms with van der Waals surface area (Å²) in [6.07, 6.45) is -1.95. The highest BCUT2D eigenvalue weighted by Gasteiger charge is 2.28. The summed E-state index contributed by atoms with van der Waals surface area (Å²) in [7, 11) is 3.21. The summed E-state index contributed by atoms with van der Waals surface area (Å²) in [6.45, 7) is 1.76. The van der Waals surface area contributed by atoms with Crippen LogP contribution < -0.4 is 11.1 Å². The molecule has 0 aromatic rings. The fourth-order valence-corrected chi connectivity index (χ4v) is 1.11. The maximum absolute atomic E-state index is 12.0. The highest BCUT2D eigenvalue weighted by molar-refractivity contribution is 5.84. The standard InChI is InChI=1S/C9H19F2N3O/c1-9(13-2,8(12)15)4-5-14(3)6-7(10)11/h7,13H,4-6H2,1-3H3,(H2,12,15). The summed E-state index contributed by atoms with van der Waals surface area (Å²) in [4.78, 5) is 12.6. The van der Waals surface area contributed by atoms with Crippen molar-refractivity contribution in [3.05, 3.63) is 0 Å². The van der Waals surface area contributed by atoms with Crippen LogP contribution in [0.1, 0.15) is 13.3 Å². The van der Waals surface area contributed by atoms with Crippen molar-refractivity contribution in [2.75, 3.05) is 27.2 Å². The Morgan fingerprint density at radius 3 is 2.47 bits per heavy atom. The van der Waals surface area contributed by atoms with Gasteiger partial charge in [0.25, 0.3) is 6.43 Å². The maximum atomic E-state index is 12.0. The Morgan fingerprint density at radius 1 is 1.60 bits per heavy atom. The van der Waals surface area contributed by atoms with Crippen LogP contribution in [0, 0.1) is 0 Å². The van der Waals surface area contributed by atoms with Crippen molar-refractivity contribution in [2.45, 2.75) is 25.3 Å². The van der Waals surface area contributed by atoms with Crippen molar-refractivity contribution in [2.24, 2.45) is 5.73 Å². The first-order valence-electron chi connectivity index (χ1n) is 4.77. The Hall–Kier alpha value is -0.750. The number of nitrogens with two attached hydrogens (primary N) is 1. The lowest BCUT2D eigenvalue weighted by Crippen LogP contribution is -2.53. The van der Waals surface area contributed by atoms with Crippen LogP contribution in [0.25, 0.3) is 0 Å². The molecule has 15 heavy (non-hydrogen) atoms. The number of hydrogen-bond donors (Lipinski definition) is 2. The molecule has 0 aliphatic heterocycles. The molecule has 0 heterocycles. The van der Waals surface area contributed by atoms with E-state index in [1.807, 2.05) is 0 Å². The zero-order chi connectivity index (χ0) is 12.1. The topological polar surface area (TPSA) is 58.4 Å². The molecule has 0 rings (SSSR count). The minimum Gasteiger partial charge on any atom is -0.368 e. The number of likely N-dealkylation sites (N-methyl/N-ethyl adjacent to an activating group) is 1. The molecule has 0 saturated carbocycles. The van der Waals surface area contributed by atoms with Crippen molar-refractivity contribution in [1.82, 2.24) is 10.2 Å². The molecular formula is C9H19F2N3O. The third-order valence-corrected chi connectivity index (χ3v) is 2.54. The van der Waals surface area contributed by atoms with Crippen molar-refractivity contribution < 1.29 is 13.6 Å². The smallest absolute Gasteiger partial charge is 0.251 e. The molecule has 1 atom stereocenters. The molecule has 1 unspecified atom stereocenters. The van der Waals surface area contributed by atoms with E-state index in [1.54, 1.807) is 21.0 Å². The minimum absolute atomic E-state index is 0.293. The predicted molar refractivity (Wildman–Crippen MR) is 54.8 cm³/mol. The second-order valence-corrected chi connectivity index (χ2v) is 3.85. The number of carbonyl (C=O) groups is 1. The average Bonchev–Trinajstić information content (AvgIpc) is 2.12. The molecule has 6 heteroatoms. The molecule has 1 amide bonds. The number of hydrogen-bond acceptors (Lipinski definition) is 3. The van der Waals surface area contributed by atoms with Gasteiger partial charge in [-0.15, -0.1) is 0 Å². The van der Waals surface area contributed by atoms with Crippen LogP contribution in [-0.4, -0.2) is 50.0 Å². The number of amides is 1. The Morgan fingerprint density at radius 2 is 2.13 bits per heavy atom. The molecule has 0 aromatic carbocycles. The lowest BCUT2D eigenvalue weighted by atomic mass is 9.97. The monoisotopic (exact) mass is 223 g/mol. The van der Waals surface area contributed by atoms with Crippen LogP contribution in [0.15, 0.2) is 0 Å². The van der Waals surface area contributed by atoms with Gasteiger partial charge in [0, 0.05) is 6.54 Å². The molecule has 0 fully saturated rings. The third-order valence-electron chi connectivity index (χ3n) is 2.54. The summed E-state index contributed by atoms with van der Waals surface area (Å²) in [5.41, 5.74) is 4.36. The quantitative estimate of drug-likeness (QED) is 0.640. The largest absolute Gasteiger partial charge is 0.368 e. The number of nitrogens with one attached hydrogen (secondary N) is 1. The predicted octanol–water partition coefficient (Wildman–Crippen LogP) is 0.0368. The van der Waals surface area contributed by atoms with Gasteiger partial charge in [-0.3, -0.25) is 4.79 Å². The van der Waals surface area contributed by atoms with E-state index < -0.39 is 17.9 Å². The van der Waals surface area contributed by atoms with E-state index in [9.17, 15) is 13.6 Å². The van der Waals surface area contributed by atoms with Gasteiger partial charge >= 0.3 is 0 Å². The van der Waals surface area contributed by atoms with E-state index in [2.05, 4.69) is 5.32 Å². The highest BCUT2D eigenvalue weighted by atomic mass is 19.3. The molecule has 4 nitrogen and oxygen atoms in total. The van der Waals surface area contributed by atoms with Gasteiger partial charge in [-0.05, 0) is 27.4 Å². The summed E-state index contributed by atoms with van der Waals surface area (Å²) in [5, 5.41) is 2.80. The van der Waals surface area contributed by atoms with Gasteiger partial charge in [-0.1, -0.05) is 0 Å². The first-order valence-corrected chi connectivity index (χ1v) is 4.77. The van der Waals surface area contributed by atoms with E-state index >= 15 is 0 Å². The van der Waals surface area contributed by atoms with Gasteiger partial charge in [-0.25, -0.2) is 8.78 Å². The molecule has 0 aliphatic rings. The van der Waals surface area contributed by atoms with E-state index in [1.165, 1.54) is 4.90 Å². The van der Waals surface area contributed by atoms with Gasteiger partial charge in [0.2, 0.25) is 5.91 Å². The Labute approximate surface area is 88.8 Å². The summed E-state index contributed by atoms with van der Waals surface area (Å²) < 4.78 is 24.0. The molecule has 0 saturated heterocycles. The molecular weight excluding hydrogens is 204 g/mol. The first-order chi connectivity index (χ1) is 6.81. The van der Waals surface area contributed by atoms with E-state index in [-0.39, 0.29) is 6.54 Å². The molecule has 0 aromatic heterocycles. The fraction of sp³-hybridized carbons (Fsp3) is 0.889. The normalized spacial score (nSPS) is 15.7. The molecule has 0 radical (unpaired) electrons. The van der Waals surface area contributed by atoms with Crippen molar-refractivity contribution in [3.63, 3.8) is 0 Å². The lowest BCUT2D eigenvalue weighted by Gasteiger charge is -2.27. The Balaban J connectivity index is 4.06. The van der Waals surface area contributed by atoms with Gasteiger partial charge in [0.05, 0.1) is 12.1 Å². The molecule has 3 N–H and O–H groups in total. The lowest BCUT2D eigenvalue weighted by molar-refractivity contribution is -0.124. The zero-order valence-corrected chi connectivity index (χ0v) is 9.39. The number of nitrogens with zero attached hydrogens (tertiary/aromatic N) is 1. The fourth-order valence-electron chi connectivity index (χ4n) is 1.11. The highest BCUT2D eigenvalue weighted by Crippen LogP contribution is 2.09. The summed E-state index contributed by atoms with van der Waals surface area (Å²) in [5.74, 6) is -0.476. The summed E-state index contributed by atoms with van der Waals surface area (Å²) in [6, 6.07) is 0. The Bertz CT molecular complexity index is 214. The van der Waals surface area contributed by atoms with Gasteiger partial charge in [0.1, 0.15) is 0 Å².